The first-order valence-electron chi connectivity index (χ1n) is 2.98. The first-order chi connectivity index (χ1) is 6.83. The van der Waals surface area contributed by atoms with Crippen LogP contribution in [0.2, 0.25) is 0 Å². The van der Waals surface area contributed by atoms with Crippen LogP contribution in [0.3, 0.4) is 0 Å². The van der Waals surface area contributed by atoms with Gasteiger partial charge < -0.3 is 19.2 Å². The predicted molar refractivity (Wildman–Crippen MR) is 32.1 cm³/mol. The summed E-state index contributed by atoms with van der Waals surface area (Å²) in [5.74, 6) is 0. The van der Waals surface area contributed by atoms with Crippen LogP contribution in [0.4, 0.5) is 8.78 Å². The van der Waals surface area contributed by atoms with Crippen LogP contribution in [0.25, 0.3) is 0 Å². The van der Waals surface area contributed by atoms with Crippen molar-refractivity contribution in [2.75, 3.05) is 0 Å². The lowest BCUT2D eigenvalue weighted by atomic mass is 11.3. The fraction of sp³-hybridized carbons (Fsp3) is 1.00. The molecule has 0 aromatic carbocycles. The first-order valence-corrected chi connectivity index (χ1v) is 7.36. The van der Waals surface area contributed by atoms with Gasteiger partial charge in [0.2, 0.25) is 0 Å². The zero-order valence-corrected chi connectivity index (χ0v) is 9.36. The summed E-state index contributed by atoms with van der Waals surface area (Å²) in [6.07, 6.45) is -4.33. The van der Waals surface area contributed by atoms with E-state index in [0.717, 1.165) is 0 Å². The van der Waals surface area contributed by atoms with Crippen molar-refractivity contribution in [1.82, 2.24) is 0 Å². The summed E-state index contributed by atoms with van der Waals surface area (Å²) in [6.45, 7) is 0. The fourth-order valence-electron chi connectivity index (χ4n) is 0.560. The van der Waals surface area contributed by atoms with Gasteiger partial charge in [0.15, 0.2) is 0 Å². The summed E-state index contributed by atoms with van der Waals surface area (Å²) in [7, 11) is -17.1. The summed E-state index contributed by atoms with van der Waals surface area (Å²) in [5, 5.41) is 0. The van der Waals surface area contributed by atoms with Crippen molar-refractivity contribution >= 4 is 23.5 Å². The topological polar surface area (TPSA) is 157 Å². The molecular formula is CF2O10P3-3. The van der Waals surface area contributed by atoms with Crippen molar-refractivity contribution < 1.29 is 54.8 Å². The molecule has 1 heterocycles. The number of phosphoric ester groups is 1. The third-order valence-electron chi connectivity index (χ3n) is 0.836. The molecule has 1 saturated heterocycles. The number of halogens is 2. The summed E-state index contributed by atoms with van der Waals surface area (Å²) in [4.78, 5) is 30.2. The Morgan fingerprint density at radius 3 is 1.94 bits per heavy atom. The summed E-state index contributed by atoms with van der Waals surface area (Å²) in [6, 6.07) is 0. The average molecular weight is 303 g/mol. The van der Waals surface area contributed by atoms with Crippen LogP contribution in [0, 0.1) is 0 Å². The van der Waals surface area contributed by atoms with Crippen molar-refractivity contribution in [1.29, 1.82) is 0 Å². The second kappa shape index (κ2) is 3.89. The van der Waals surface area contributed by atoms with Crippen molar-refractivity contribution in [2.24, 2.45) is 0 Å². The van der Waals surface area contributed by atoms with Crippen molar-refractivity contribution in [3.05, 3.63) is 0 Å². The number of hydrogen-bond donors (Lipinski definition) is 0. The van der Waals surface area contributed by atoms with Crippen molar-refractivity contribution in [3.63, 3.8) is 0 Å². The van der Waals surface area contributed by atoms with Crippen LogP contribution in [0.1, 0.15) is 0 Å². The highest BCUT2D eigenvalue weighted by atomic mass is 31.3. The molecule has 1 unspecified atom stereocenters. The smallest absolute Gasteiger partial charge is 0.503 e. The molecule has 15 heteroatoms. The van der Waals surface area contributed by atoms with Gasteiger partial charge in [-0.3, -0.25) is 8.88 Å². The molecule has 0 aromatic heterocycles. The number of phosphoric acid groups is 3. The molecule has 0 radical (unpaired) electrons. The zero-order chi connectivity index (χ0) is 12.8. The van der Waals surface area contributed by atoms with E-state index in [4.69, 9.17) is 0 Å². The van der Waals surface area contributed by atoms with Gasteiger partial charge in [-0.05, 0) is 0 Å². The van der Waals surface area contributed by atoms with Crippen LogP contribution in [0.5, 0.6) is 0 Å². The lowest BCUT2D eigenvalue weighted by Crippen LogP contribution is -2.34. The van der Waals surface area contributed by atoms with E-state index < -0.39 is 29.8 Å². The maximum absolute atomic E-state index is 11.8. The minimum atomic E-state index is -6.01. The van der Waals surface area contributed by atoms with E-state index >= 15 is 0 Å². The Balaban J connectivity index is 2.65. The van der Waals surface area contributed by atoms with E-state index in [9.17, 15) is 37.2 Å². The van der Waals surface area contributed by atoms with Gasteiger partial charge in [0.1, 0.15) is 0 Å². The molecule has 1 aliphatic heterocycles. The Labute approximate surface area is 85.6 Å². The van der Waals surface area contributed by atoms with E-state index in [2.05, 4.69) is 17.7 Å². The Bertz CT molecular complexity index is 410. The Kier molecular flexibility index (Phi) is 3.49. The van der Waals surface area contributed by atoms with Gasteiger partial charge in [-0.25, -0.2) is 8.88 Å². The lowest BCUT2D eigenvalue weighted by molar-refractivity contribution is -0.378. The van der Waals surface area contributed by atoms with E-state index in [0.29, 0.717) is 0 Å². The van der Waals surface area contributed by atoms with E-state index in [1.54, 1.807) is 0 Å². The molecule has 0 amide bonds. The molecule has 0 spiro atoms. The molecule has 1 aliphatic rings. The molecule has 10 nitrogen and oxygen atoms in total. The van der Waals surface area contributed by atoms with Gasteiger partial charge >= 0.3 is 14.1 Å². The van der Waals surface area contributed by atoms with E-state index in [1.807, 2.05) is 0 Å². The second-order valence-electron chi connectivity index (χ2n) is 2.15. The molecule has 0 N–H and O–H groups in total. The number of rotatable bonds is 4. The Morgan fingerprint density at radius 2 is 1.62 bits per heavy atom. The summed E-state index contributed by atoms with van der Waals surface area (Å²) < 4.78 is 66.9. The minimum Gasteiger partial charge on any atom is -0.790 e. The molecule has 1 fully saturated rings. The van der Waals surface area contributed by atoms with Crippen LogP contribution in [-0.4, -0.2) is 6.29 Å². The van der Waals surface area contributed by atoms with Gasteiger partial charge in [0.05, 0.1) is 7.82 Å². The lowest BCUT2D eigenvalue weighted by Gasteiger charge is -2.38. The standard InChI is InChI=1S/CH3F2O10P3/c2-1(3)10-16(9,11-1)13-15(7,8)12-14(4,5)6/h(H,7,8)(H2,4,5,6)/p-3. The van der Waals surface area contributed by atoms with E-state index in [1.165, 1.54) is 0 Å². The predicted octanol–water partition coefficient (Wildman–Crippen LogP) is -0.978. The van der Waals surface area contributed by atoms with Gasteiger partial charge in [-0.1, -0.05) is 0 Å². The third kappa shape index (κ3) is 4.27. The normalized spacial score (nSPS) is 26.8. The van der Waals surface area contributed by atoms with Crippen molar-refractivity contribution in [3.8, 4) is 0 Å². The highest BCUT2D eigenvalue weighted by Gasteiger charge is 2.62. The monoisotopic (exact) mass is 303 g/mol. The van der Waals surface area contributed by atoms with Gasteiger partial charge in [0, 0.05) is 0 Å². The van der Waals surface area contributed by atoms with Gasteiger partial charge in [0.25, 0.3) is 7.82 Å². The quantitative estimate of drug-likeness (QED) is 0.591. The summed E-state index contributed by atoms with van der Waals surface area (Å²) >= 11 is 0. The zero-order valence-electron chi connectivity index (χ0n) is 6.68. The SMILES string of the molecule is O=P([O-])([O-])OP(=O)([O-])OP1(=O)OC(F)(F)O1. The first kappa shape index (κ1) is 14.3. The highest BCUT2D eigenvalue weighted by Crippen LogP contribution is 2.73. The maximum Gasteiger partial charge on any atom is 0.503 e. The molecule has 0 aromatic rings. The Hall–Kier alpha value is 0.270. The number of hydrogen-bond acceptors (Lipinski definition) is 10. The van der Waals surface area contributed by atoms with Gasteiger partial charge in [-0.2, -0.15) is 9.05 Å². The highest BCUT2D eigenvalue weighted by molar-refractivity contribution is 7.65. The van der Waals surface area contributed by atoms with E-state index in [-0.39, 0.29) is 0 Å². The van der Waals surface area contributed by atoms with Crippen LogP contribution >= 0.6 is 23.5 Å². The molecule has 0 bridgehead atoms. The molecule has 0 saturated carbocycles. The van der Waals surface area contributed by atoms with Crippen LogP contribution in [0.15, 0.2) is 0 Å². The fourth-order valence-corrected chi connectivity index (χ4v) is 3.71. The minimum absolute atomic E-state index is 2.81. The maximum atomic E-state index is 11.8. The second-order valence-corrected chi connectivity index (χ2v) is 6.51. The molecule has 1 atom stereocenters. The van der Waals surface area contributed by atoms with Crippen molar-refractivity contribution in [2.45, 2.75) is 6.29 Å². The molecule has 0 aliphatic carbocycles. The molecular weight excluding hydrogens is 303 g/mol. The third-order valence-corrected chi connectivity index (χ3v) is 4.91. The van der Waals surface area contributed by atoms with Crippen LogP contribution in [-0.2, 0) is 31.4 Å². The van der Waals surface area contributed by atoms with Gasteiger partial charge in [-0.15, -0.1) is 8.78 Å². The summed E-state index contributed by atoms with van der Waals surface area (Å²) in [5.41, 5.74) is 0. The Morgan fingerprint density at radius 1 is 1.19 bits per heavy atom. The number of alkyl halides is 2. The largest absolute Gasteiger partial charge is 0.790 e. The molecule has 96 valence electrons. The molecule has 16 heavy (non-hydrogen) atoms. The van der Waals surface area contributed by atoms with Crippen LogP contribution < -0.4 is 14.7 Å². The molecule has 1 rings (SSSR count). The average Bonchev–Trinajstić information content (AvgIpc) is 1.69.